The molecule has 0 bridgehead atoms. The zero-order valence-electron chi connectivity index (χ0n) is 13.1. The van der Waals surface area contributed by atoms with Gasteiger partial charge < -0.3 is 9.64 Å². The van der Waals surface area contributed by atoms with Crippen LogP contribution >= 0.6 is 11.6 Å². The second kappa shape index (κ2) is 5.84. The Morgan fingerprint density at radius 2 is 1.67 bits per heavy atom. The third-order valence-corrected chi connectivity index (χ3v) is 4.92. The van der Waals surface area contributed by atoms with Gasteiger partial charge in [0, 0.05) is 5.69 Å². The quantitative estimate of drug-likeness (QED) is 0.518. The molecule has 0 aliphatic carbocycles. The largest absolute Gasteiger partial charge is 0.497 e. The molecule has 1 fully saturated rings. The number of carbonyl (C=O) groups is 1. The highest BCUT2D eigenvalue weighted by Gasteiger charge is 2.47. The minimum Gasteiger partial charge on any atom is -0.497 e. The molecule has 0 saturated carbocycles. The van der Waals surface area contributed by atoms with Gasteiger partial charge in [-0.1, -0.05) is 42.5 Å². The SMILES string of the molecule is COc1ccc(C2C(Cl)C(=O)N2c2ccc3ccccc3c2)cc1. The van der Waals surface area contributed by atoms with Crippen molar-refractivity contribution < 1.29 is 9.53 Å². The summed E-state index contributed by atoms with van der Waals surface area (Å²) in [6.07, 6.45) is 0. The predicted octanol–water partition coefficient (Wildman–Crippen LogP) is 4.54. The number of carbonyl (C=O) groups excluding carboxylic acids is 1. The monoisotopic (exact) mass is 337 g/mol. The molecule has 0 aromatic heterocycles. The van der Waals surface area contributed by atoms with Crippen molar-refractivity contribution in [3.05, 3.63) is 72.3 Å². The standard InChI is InChI=1S/C20H16ClNO2/c1-24-17-10-7-14(8-11-17)19-18(21)20(23)22(19)16-9-6-13-4-2-3-5-15(13)12-16/h2-12,18-19H,1H3. The first-order valence-electron chi connectivity index (χ1n) is 7.79. The van der Waals surface area contributed by atoms with Gasteiger partial charge in [0.1, 0.15) is 11.1 Å². The minimum atomic E-state index is -0.537. The Morgan fingerprint density at radius 3 is 2.38 bits per heavy atom. The normalized spacial score (nSPS) is 20.1. The van der Waals surface area contributed by atoms with E-state index in [1.807, 2.05) is 60.7 Å². The van der Waals surface area contributed by atoms with Gasteiger partial charge in [0.2, 0.25) is 5.91 Å². The average Bonchev–Trinajstić information content (AvgIpc) is 2.65. The molecule has 1 aliphatic rings. The first kappa shape index (κ1) is 15.0. The number of hydrogen-bond acceptors (Lipinski definition) is 2. The number of anilines is 1. The molecule has 2 atom stereocenters. The van der Waals surface area contributed by atoms with Crippen LogP contribution in [0, 0.1) is 0 Å². The molecule has 0 spiro atoms. The van der Waals surface area contributed by atoms with E-state index in [9.17, 15) is 4.79 Å². The number of hydrogen-bond donors (Lipinski definition) is 0. The summed E-state index contributed by atoms with van der Waals surface area (Å²) in [5.74, 6) is 0.723. The number of β-lactam (4-membered cyclic amide) rings is 1. The molecule has 0 radical (unpaired) electrons. The molecule has 3 aromatic rings. The maximum Gasteiger partial charge on any atom is 0.248 e. The lowest BCUT2D eigenvalue weighted by atomic mass is 9.92. The first-order valence-corrected chi connectivity index (χ1v) is 8.22. The summed E-state index contributed by atoms with van der Waals surface area (Å²) in [5, 5.41) is 1.72. The fourth-order valence-corrected chi connectivity index (χ4v) is 3.55. The second-order valence-electron chi connectivity index (χ2n) is 5.86. The van der Waals surface area contributed by atoms with Gasteiger partial charge in [0.05, 0.1) is 13.2 Å². The maximum absolute atomic E-state index is 12.4. The predicted molar refractivity (Wildman–Crippen MR) is 96.8 cm³/mol. The highest BCUT2D eigenvalue weighted by atomic mass is 35.5. The lowest BCUT2D eigenvalue weighted by molar-refractivity contribution is -0.123. The zero-order valence-corrected chi connectivity index (χ0v) is 13.9. The van der Waals surface area contributed by atoms with Crippen LogP contribution in [0.2, 0.25) is 0 Å². The smallest absolute Gasteiger partial charge is 0.248 e. The number of halogens is 1. The van der Waals surface area contributed by atoms with E-state index in [0.29, 0.717) is 0 Å². The van der Waals surface area contributed by atoms with Crippen LogP contribution in [0.3, 0.4) is 0 Å². The van der Waals surface area contributed by atoms with Crippen LogP contribution in [0.5, 0.6) is 5.75 Å². The molecule has 1 amide bonds. The molecule has 24 heavy (non-hydrogen) atoms. The van der Waals surface area contributed by atoms with Crippen LogP contribution in [-0.4, -0.2) is 18.4 Å². The summed E-state index contributed by atoms with van der Waals surface area (Å²) in [4.78, 5) is 14.1. The fourth-order valence-electron chi connectivity index (χ4n) is 3.19. The molecule has 1 saturated heterocycles. The van der Waals surface area contributed by atoms with Gasteiger partial charge in [-0.2, -0.15) is 0 Å². The number of ether oxygens (including phenoxy) is 1. The highest BCUT2D eigenvalue weighted by Crippen LogP contribution is 2.43. The van der Waals surface area contributed by atoms with Crippen LogP contribution in [0.4, 0.5) is 5.69 Å². The van der Waals surface area contributed by atoms with E-state index < -0.39 is 5.38 Å². The van der Waals surface area contributed by atoms with E-state index in [1.54, 1.807) is 12.0 Å². The van der Waals surface area contributed by atoms with E-state index in [4.69, 9.17) is 16.3 Å². The Balaban J connectivity index is 1.72. The molecule has 3 aromatic carbocycles. The molecule has 1 aliphatic heterocycles. The zero-order chi connectivity index (χ0) is 16.7. The van der Waals surface area contributed by atoms with Crippen molar-refractivity contribution >= 4 is 34.0 Å². The number of rotatable bonds is 3. The number of benzene rings is 3. The van der Waals surface area contributed by atoms with Crippen molar-refractivity contribution in [2.75, 3.05) is 12.0 Å². The second-order valence-corrected chi connectivity index (χ2v) is 6.33. The van der Waals surface area contributed by atoms with Gasteiger partial charge in [-0.25, -0.2) is 0 Å². The van der Waals surface area contributed by atoms with E-state index >= 15 is 0 Å². The van der Waals surface area contributed by atoms with Gasteiger partial charge in [-0.15, -0.1) is 11.6 Å². The van der Waals surface area contributed by atoms with Gasteiger partial charge in [-0.3, -0.25) is 4.79 Å². The van der Waals surface area contributed by atoms with Crippen molar-refractivity contribution in [1.29, 1.82) is 0 Å². The molecule has 3 nitrogen and oxygen atoms in total. The van der Waals surface area contributed by atoms with Crippen molar-refractivity contribution in [3.63, 3.8) is 0 Å². The number of methoxy groups -OCH3 is 1. The summed E-state index contributed by atoms with van der Waals surface area (Å²) in [6.45, 7) is 0. The molecular weight excluding hydrogens is 322 g/mol. The summed E-state index contributed by atoms with van der Waals surface area (Å²) in [5.41, 5.74) is 1.87. The van der Waals surface area contributed by atoms with Crippen LogP contribution in [0.25, 0.3) is 10.8 Å². The third-order valence-electron chi connectivity index (χ3n) is 4.50. The summed E-state index contributed by atoms with van der Waals surface area (Å²) < 4.78 is 5.19. The van der Waals surface area contributed by atoms with Gasteiger partial charge in [0.25, 0.3) is 0 Å². The van der Waals surface area contributed by atoms with E-state index in [-0.39, 0.29) is 11.9 Å². The molecule has 4 heteroatoms. The Labute approximate surface area is 145 Å². The van der Waals surface area contributed by atoms with Gasteiger partial charge in [0.15, 0.2) is 0 Å². The number of amides is 1. The van der Waals surface area contributed by atoms with Crippen LogP contribution < -0.4 is 9.64 Å². The van der Waals surface area contributed by atoms with Crippen molar-refractivity contribution in [1.82, 2.24) is 0 Å². The summed E-state index contributed by atoms with van der Waals surface area (Å²) >= 11 is 6.31. The van der Waals surface area contributed by atoms with Crippen molar-refractivity contribution in [3.8, 4) is 5.75 Å². The Kier molecular flexibility index (Phi) is 3.66. The average molecular weight is 338 g/mol. The molecular formula is C20H16ClNO2. The van der Waals surface area contributed by atoms with E-state index in [0.717, 1.165) is 27.8 Å². The Morgan fingerprint density at radius 1 is 0.958 bits per heavy atom. The minimum absolute atomic E-state index is 0.0623. The molecule has 4 rings (SSSR count). The van der Waals surface area contributed by atoms with Gasteiger partial charge in [-0.05, 0) is 40.6 Å². The van der Waals surface area contributed by atoms with Crippen LogP contribution in [0.1, 0.15) is 11.6 Å². The van der Waals surface area contributed by atoms with Gasteiger partial charge >= 0.3 is 0 Å². The maximum atomic E-state index is 12.4. The topological polar surface area (TPSA) is 29.5 Å². The van der Waals surface area contributed by atoms with E-state index in [1.165, 1.54) is 0 Å². The molecule has 120 valence electrons. The lowest BCUT2D eigenvalue weighted by Gasteiger charge is -2.44. The molecule has 0 N–H and O–H groups in total. The van der Waals surface area contributed by atoms with Crippen LogP contribution in [-0.2, 0) is 4.79 Å². The van der Waals surface area contributed by atoms with Crippen molar-refractivity contribution in [2.24, 2.45) is 0 Å². The molecule has 2 unspecified atom stereocenters. The Hall–Kier alpha value is -2.52. The lowest BCUT2D eigenvalue weighted by Crippen LogP contribution is -2.56. The molecule has 1 heterocycles. The van der Waals surface area contributed by atoms with E-state index in [2.05, 4.69) is 6.07 Å². The number of nitrogens with zero attached hydrogens (tertiary/aromatic N) is 1. The van der Waals surface area contributed by atoms with Crippen LogP contribution in [0.15, 0.2) is 66.7 Å². The number of fused-ring (bicyclic) bond motifs is 1. The highest BCUT2D eigenvalue weighted by molar-refractivity contribution is 6.37. The summed E-state index contributed by atoms with van der Waals surface area (Å²) in [7, 11) is 1.63. The van der Waals surface area contributed by atoms with Crippen molar-refractivity contribution in [2.45, 2.75) is 11.4 Å². The number of alkyl halides is 1. The third kappa shape index (κ3) is 2.33. The summed E-state index contributed by atoms with van der Waals surface area (Å²) in [6, 6.07) is 21.7. The Bertz CT molecular complexity index is 907. The fraction of sp³-hybridized carbons (Fsp3) is 0.150. The first-order chi connectivity index (χ1) is 11.7.